The van der Waals surface area contributed by atoms with Crippen LogP contribution in [0.15, 0.2) is 30.3 Å². The second-order valence-electron chi connectivity index (χ2n) is 6.82. The molecule has 0 unspecified atom stereocenters. The summed E-state index contributed by atoms with van der Waals surface area (Å²) in [6.07, 6.45) is 4.65. The van der Waals surface area contributed by atoms with Gasteiger partial charge in [-0.2, -0.15) is 0 Å². The maximum atomic E-state index is 12.7. The molecule has 6 nitrogen and oxygen atoms in total. The maximum absolute atomic E-state index is 12.7. The average Bonchev–Trinajstić information content (AvgIpc) is 2.81. The molecule has 2 fully saturated rings. The molecule has 1 aromatic carbocycles. The average molecular weight is 343 g/mol. The Hall–Kier alpha value is -2.37. The molecule has 0 spiro atoms. The van der Waals surface area contributed by atoms with Gasteiger partial charge in [-0.3, -0.25) is 14.5 Å². The number of urea groups is 1. The van der Waals surface area contributed by atoms with Gasteiger partial charge in [0.2, 0.25) is 5.91 Å². The smallest absolute Gasteiger partial charge is 0.325 e. The number of amides is 4. The highest BCUT2D eigenvalue weighted by molar-refractivity contribution is 6.07. The summed E-state index contributed by atoms with van der Waals surface area (Å²) < 4.78 is 0. The Labute approximate surface area is 148 Å². The van der Waals surface area contributed by atoms with Crippen molar-refractivity contribution in [2.24, 2.45) is 0 Å². The van der Waals surface area contributed by atoms with E-state index >= 15 is 0 Å². The van der Waals surface area contributed by atoms with Crippen LogP contribution in [0.5, 0.6) is 0 Å². The van der Waals surface area contributed by atoms with Crippen molar-refractivity contribution in [1.29, 1.82) is 0 Å². The van der Waals surface area contributed by atoms with Crippen molar-refractivity contribution >= 4 is 17.8 Å². The first-order valence-corrected chi connectivity index (χ1v) is 9.04. The lowest BCUT2D eigenvalue weighted by molar-refractivity contribution is -0.141. The molecule has 134 valence electrons. The van der Waals surface area contributed by atoms with Crippen LogP contribution >= 0.6 is 0 Å². The molecule has 2 heterocycles. The van der Waals surface area contributed by atoms with Crippen LogP contribution in [0.3, 0.4) is 0 Å². The van der Waals surface area contributed by atoms with Crippen LogP contribution in [0.25, 0.3) is 0 Å². The molecule has 2 aliphatic heterocycles. The van der Waals surface area contributed by atoms with Crippen molar-refractivity contribution < 1.29 is 14.4 Å². The number of nitrogens with one attached hydrogen (secondary N) is 1. The largest absolute Gasteiger partial charge is 0.341 e. The molecule has 0 radical (unpaired) electrons. The minimum absolute atomic E-state index is 0.134. The number of likely N-dealkylation sites (tertiary alicyclic amines) is 1. The minimum Gasteiger partial charge on any atom is -0.341 e. The maximum Gasteiger partial charge on any atom is 0.325 e. The van der Waals surface area contributed by atoms with Gasteiger partial charge in [0.05, 0.1) is 0 Å². The summed E-state index contributed by atoms with van der Waals surface area (Å²) in [6, 6.07) is 7.73. The number of carbonyl (C=O) groups is 3. The van der Waals surface area contributed by atoms with Crippen LogP contribution in [-0.2, 0) is 16.0 Å². The summed E-state index contributed by atoms with van der Waals surface area (Å²) in [6.45, 7) is 3.07. The number of hydrogen-bond acceptors (Lipinski definition) is 3. The van der Waals surface area contributed by atoms with E-state index in [2.05, 4.69) is 5.32 Å². The summed E-state index contributed by atoms with van der Waals surface area (Å²) in [5.41, 5.74) is 0.981. The van der Waals surface area contributed by atoms with Gasteiger partial charge in [0.15, 0.2) is 0 Å². The molecule has 4 amide bonds. The second-order valence-corrected chi connectivity index (χ2v) is 6.82. The van der Waals surface area contributed by atoms with Crippen LogP contribution in [0, 0.1) is 0 Å². The van der Waals surface area contributed by atoms with Gasteiger partial charge in [-0.15, -0.1) is 0 Å². The first-order chi connectivity index (χ1) is 12.1. The number of benzene rings is 1. The zero-order valence-electron chi connectivity index (χ0n) is 14.6. The van der Waals surface area contributed by atoms with E-state index in [1.54, 1.807) is 11.8 Å². The Morgan fingerprint density at radius 2 is 1.76 bits per heavy atom. The molecule has 0 aromatic heterocycles. The van der Waals surface area contributed by atoms with E-state index in [1.165, 1.54) is 0 Å². The predicted octanol–water partition coefficient (Wildman–Crippen LogP) is 1.94. The zero-order chi connectivity index (χ0) is 17.8. The van der Waals surface area contributed by atoms with E-state index in [9.17, 15) is 14.4 Å². The van der Waals surface area contributed by atoms with Crippen molar-refractivity contribution in [3.05, 3.63) is 35.9 Å². The van der Waals surface area contributed by atoms with Gasteiger partial charge in [0.1, 0.15) is 12.1 Å². The monoisotopic (exact) mass is 343 g/mol. The molecular formula is C19H25N3O3. The summed E-state index contributed by atoms with van der Waals surface area (Å²) in [7, 11) is 0. The predicted molar refractivity (Wildman–Crippen MR) is 93.8 cm³/mol. The highest BCUT2D eigenvalue weighted by Crippen LogP contribution is 2.18. The van der Waals surface area contributed by atoms with Crippen LogP contribution in [0.4, 0.5) is 4.79 Å². The van der Waals surface area contributed by atoms with Gasteiger partial charge < -0.3 is 10.2 Å². The molecule has 1 aromatic rings. The number of carbonyl (C=O) groups excluding carboxylic acids is 3. The van der Waals surface area contributed by atoms with Gasteiger partial charge in [0, 0.05) is 19.5 Å². The first-order valence-electron chi connectivity index (χ1n) is 9.04. The Kier molecular flexibility index (Phi) is 5.36. The van der Waals surface area contributed by atoms with Crippen molar-refractivity contribution in [2.75, 3.05) is 13.1 Å². The van der Waals surface area contributed by atoms with Gasteiger partial charge >= 0.3 is 6.03 Å². The van der Waals surface area contributed by atoms with Crippen LogP contribution < -0.4 is 5.32 Å². The van der Waals surface area contributed by atoms with Gasteiger partial charge in [-0.1, -0.05) is 43.2 Å². The molecule has 0 saturated carbocycles. The van der Waals surface area contributed by atoms with E-state index in [4.69, 9.17) is 0 Å². The molecule has 0 aliphatic carbocycles. The molecule has 2 aliphatic rings. The number of rotatable bonds is 4. The minimum atomic E-state index is -0.758. The van der Waals surface area contributed by atoms with E-state index in [-0.39, 0.29) is 11.8 Å². The van der Waals surface area contributed by atoms with Gasteiger partial charge in [0.25, 0.3) is 5.91 Å². The molecule has 1 N–H and O–H groups in total. The number of nitrogens with zero attached hydrogens (tertiary/aromatic N) is 2. The van der Waals surface area contributed by atoms with Gasteiger partial charge in [-0.05, 0) is 25.3 Å². The Balaban J connectivity index is 1.67. The van der Waals surface area contributed by atoms with Crippen molar-refractivity contribution in [3.8, 4) is 0 Å². The van der Waals surface area contributed by atoms with Crippen molar-refractivity contribution in [3.63, 3.8) is 0 Å². The second kappa shape index (κ2) is 7.68. The fourth-order valence-corrected chi connectivity index (χ4v) is 3.57. The third kappa shape index (κ3) is 3.83. The summed E-state index contributed by atoms with van der Waals surface area (Å²) in [4.78, 5) is 40.6. The SMILES string of the molecule is C[C@@H](C(=O)N1CCCCCC1)N1C(=O)N[C@H](Cc2ccccc2)C1=O. The fourth-order valence-electron chi connectivity index (χ4n) is 3.57. The Morgan fingerprint density at radius 1 is 1.12 bits per heavy atom. The molecule has 0 bridgehead atoms. The van der Waals surface area contributed by atoms with E-state index in [1.807, 2.05) is 30.3 Å². The van der Waals surface area contributed by atoms with Crippen LogP contribution in [0.2, 0.25) is 0 Å². The van der Waals surface area contributed by atoms with Gasteiger partial charge in [-0.25, -0.2) is 4.79 Å². The summed E-state index contributed by atoms with van der Waals surface area (Å²) in [5, 5.41) is 2.72. The zero-order valence-corrected chi connectivity index (χ0v) is 14.6. The lowest BCUT2D eigenvalue weighted by Crippen LogP contribution is -2.50. The normalized spacial score (nSPS) is 22.5. The highest BCUT2D eigenvalue weighted by Gasteiger charge is 2.43. The number of imide groups is 1. The van der Waals surface area contributed by atoms with E-state index in [0.717, 1.165) is 36.1 Å². The van der Waals surface area contributed by atoms with E-state index in [0.29, 0.717) is 19.5 Å². The lowest BCUT2D eigenvalue weighted by Gasteiger charge is -2.28. The molecular weight excluding hydrogens is 318 g/mol. The van der Waals surface area contributed by atoms with Crippen LogP contribution in [0.1, 0.15) is 38.2 Å². The van der Waals surface area contributed by atoms with E-state index < -0.39 is 18.1 Å². The topological polar surface area (TPSA) is 69.7 Å². The molecule has 25 heavy (non-hydrogen) atoms. The highest BCUT2D eigenvalue weighted by atomic mass is 16.2. The Morgan fingerprint density at radius 3 is 2.40 bits per heavy atom. The molecule has 2 saturated heterocycles. The fraction of sp³-hybridized carbons (Fsp3) is 0.526. The Bertz CT molecular complexity index is 639. The number of hydrogen-bond donors (Lipinski definition) is 1. The molecule has 6 heteroatoms. The molecule has 2 atom stereocenters. The summed E-state index contributed by atoms with van der Waals surface area (Å²) >= 11 is 0. The standard InChI is InChI=1S/C19H25N3O3/c1-14(17(23)21-11-7-2-3-8-12-21)22-18(24)16(20-19(22)25)13-15-9-5-4-6-10-15/h4-6,9-10,14,16H,2-3,7-8,11-13H2,1H3,(H,20,25)/t14-,16+/m0/s1. The third-order valence-electron chi connectivity index (χ3n) is 5.00. The third-order valence-corrected chi connectivity index (χ3v) is 5.00. The first kappa shape index (κ1) is 17.5. The van der Waals surface area contributed by atoms with Crippen molar-refractivity contribution in [1.82, 2.24) is 15.1 Å². The molecule has 3 rings (SSSR count). The lowest BCUT2D eigenvalue weighted by atomic mass is 10.1. The quantitative estimate of drug-likeness (QED) is 0.850. The summed E-state index contributed by atoms with van der Waals surface area (Å²) in [5.74, 6) is -0.449. The van der Waals surface area contributed by atoms with Crippen molar-refractivity contribution in [2.45, 2.75) is 51.1 Å². The van der Waals surface area contributed by atoms with Crippen LogP contribution in [-0.4, -0.2) is 52.8 Å².